The maximum atomic E-state index is 2.31. The number of hydrogen-bond acceptors (Lipinski definition) is 0. The molecule has 0 saturated carbocycles. The molecular formula is C2H6SiSn. The molecule has 0 N–H and O–H groups in total. The van der Waals surface area contributed by atoms with Crippen molar-refractivity contribution < 1.29 is 0 Å². The van der Waals surface area contributed by atoms with Crippen LogP contribution in [-0.4, -0.2) is 27.0 Å². The molecule has 0 spiro atoms. The van der Waals surface area contributed by atoms with Crippen molar-refractivity contribution in [3.63, 3.8) is 0 Å². The van der Waals surface area contributed by atoms with Crippen LogP contribution >= 0.6 is 0 Å². The van der Waals surface area contributed by atoms with Crippen molar-refractivity contribution >= 4 is 27.0 Å². The third-order valence-electron chi connectivity index (χ3n) is 0. The molecule has 0 aromatic rings. The molecule has 0 bridgehead atoms. The predicted octanol–water partition coefficient (Wildman–Crippen LogP) is 0.406. The van der Waals surface area contributed by atoms with Gasteiger partial charge in [0, 0.05) is 0 Å². The van der Waals surface area contributed by atoms with E-state index in [0.717, 1.165) is 0 Å². The van der Waals surface area contributed by atoms with Crippen LogP contribution in [0.25, 0.3) is 0 Å². The fraction of sp³-hybridized carbons (Fsp3) is 1.00. The first kappa shape index (κ1) is 5.02. The molecule has 0 aliphatic rings. The number of hydrogen-bond donors (Lipinski definition) is 0. The summed E-state index contributed by atoms with van der Waals surface area (Å²) in [4.78, 5) is 0. The van der Waals surface area contributed by atoms with E-state index >= 15 is 0 Å². The molecule has 0 aliphatic heterocycles. The van der Waals surface area contributed by atoms with E-state index in [1.54, 1.807) is 21.2 Å². The summed E-state index contributed by atoms with van der Waals surface area (Å²) in [5.41, 5.74) is 0. The van der Waals surface area contributed by atoms with E-state index in [0.29, 0.717) is 0 Å². The van der Waals surface area contributed by atoms with Crippen LogP contribution in [0.15, 0.2) is 0 Å². The molecule has 0 saturated heterocycles. The first-order valence-corrected chi connectivity index (χ1v) is 8.03. The Morgan fingerprint density at radius 3 is 1.50 bits per heavy atom. The fourth-order valence-corrected chi connectivity index (χ4v) is 0. The molecule has 0 amide bonds. The molecule has 0 aromatic carbocycles. The van der Waals surface area contributed by atoms with Gasteiger partial charge in [0.2, 0.25) is 0 Å². The SMILES string of the molecule is C[Si](C)=[Sn]. The van der Waals surface area contributed by atoms with Crippen molar-refractivity contribution in [2.75, 3.05) is 0 Å². The van der Waals surface area contributed by atoms with Gasteiger partial charge in [0.05, 0.1) is 0 Å². The summed E-state index contributed by atoms with van der Waals surface area (Å²) >= 11 is 1.74. The van der Waals surface area contributed by atoms with Gasteiger partial charge in [-0.1, -0.05) is 0 Å². The average Bonchev–Trinajstić information content (AvgIpc) is 0.811. The first-order chi connectivity index (χ1) is 1.73. The molecule has 0 fully saturated rings. The second-order valence-corrected chi connectivity index (χ2v) is 11.6. The Morgan fingerprint density at radius 2 is 1.50 bits per heavy atom. The zero-order valence-electron chi connectivity index (χ0n) is 3.00. The van der Waals surface area contributed by atoms with E-state index in [4.69, 9.17) is 0 Å². The van der Waals surface area contributed by atoms with Gasteiger partial charge in [0.1, 0.15) is 0 Å². The van der Waals surface area contributed by atoms with Crippen LogP contribution < -0.4 is 0 Å². The van der Waals surface area contributed by atoms with E-state index < -0.39 is 0 Å². The van der Waals surface area contributed by atoms with Crippen molar-refractivity contribution in [3.8, 4) is 0 Å². The summed E-state index contributed by atoms with van der Waals surface area (Å²) in [6.45, 7) is 4.62. The molecule has 0 heterocycles. The van der Waals surface area contributed by atoms with Crippen LogP contribution in [0.4, 0.5) is 0 Å². The molecule has 0 atom stereocenters. The van der Waals surface area contributed by atoms with E-state index in [1.807, 2.05) is 0 Å². The topological polar surface area (TPSA) is 0 Å². The van der Waals surface area contributed by atoms with Crippen LogP contribution in [0, 0.1) is 0 Å². The third-order valence-corrected chi connectivity index (χ3v) is 0. The summed E-state index contributed by atoms with van der Waals surface area (Å²) in [6, 6.07) is 0. The monoisotopic (exact) mass is 178 g/mol. The standard InChI is InChI=1S/C2H6Si.Sn/c1-3-2;/h1-2H3;. The minimum atomic E-state index is 0.210. The van der Waals surface area contributed by atoms with Gasteiger partial charge in [0.25, 0.3) is 0 Å². The first-order valence-electron chi connectivity index (χ1n) is 1.25. The summed E-state index contributed by atoms with van der Waals surface area (Å²) in [7, 11) is 0. The molecule has 0 unspecified atom stereocenters. The Balaban J connectivity index is 2.80. The van der Waals surface area contributed by atoms with E-state index in [-0.39, 0.29) is 5.82 Å². The normalized spacial score (nSPS) is 6.50. The van der Waals surface area contributed by atoms with Gasteiger partial charge in [-0.15, -0.1) is 0 Å². The Labute approximate surface area is 40.4 Å². The zero-order chi connectivity index (χ0) is 3.58. The second-order valence-electron chi connectivity index (χ2n) is 1.00. The molecule has 4 heavy (non-hydrogen) atoms. The molecule has 2 radical (unpaired) electrons. The quantitative estimate of drug-likeness (QED) is 0.470. The van der Waals surface area contributed by atoms with E-state index in [1.165, 1.54) is 0 Å². The molecule has 22 valence electrons. The summed E-state index contributed by atoms with van der Waals surface area (Å²) in [5.74, 6) is 0.210. The van der Waals surface area contributed by atoms with Crippen LogP contribution in [0.5, 0.6) is 0 Å². The van der Waals surface area contributed by atoms with Crippen LogP contribution in [0.3, 0.4) is 0 Å². The molecule has 0 aromatic heterocycles. The van der Waals surface area contributed by atoms with Gasteiger partial charge >= 0.3 is 40.1 Å². The maximum absolute atomic E-state index is 2.31. The van der Waals surface area contributed by atoms with Crippen LogP contribution in [0.2, 0.25) is 13.1 Å². The summed E-state index contributed by atoms with van der Waals surface area (Å²) < 4.78 is 0. The van der Waals surface area contributed by atoms with Crippen LogP contribution in [-0.2, 0) is 0 Å². The van der Waals surface area contributed by atoms with Gasteiger partial charge < -0.3 is 0 Å². The van der Waals surface area contributed by atoms with E-state index in [9.17, 15) is 0 Å². The van der Waals surface area contributed by atoms with Crippen LogP contribution in [0.1, 0.15) is 0 Å². The van der Waals surface area contributed by atoms with E-state index in [2.05, 4.69) is 13.1 Å². The Kier molecular flexibility index (Phi) is 2.84. The second kappa shape index (κ2) is 2.26. The van der Waals surface area contributed by atoms with Crippen molar-refractivity contribution in [3.05, 3.63) is 0 Å². The molecule has 0 aliphatic carbocycles. The molecule has 2 heteroatoms. The summed E-state index contributed by atoms with van der Waals surface area (Å²) in [5, 5.41) is 0. The molecular weight excluding hydrogens is 171 g/mol. The van der Waals surface area contributed by atoms with Crippen molar-refractivity contribution in [2.45, 2.75) is 13.1 Å². The zero-order valence-corrected chi connectivity index (χ0v) is 6.85. The molecule has 0 nitrogen and oxygen atoms in total. The van der Waals surface area contributed by atoms with Gasteiger partial charge in [-0.25, -0.2) is 0 Å². The van der Waals surface area contributed by atoms with Gasteiger partial charge in [-0.05, 0) is 0 Å². The van der Waals surface area contributed by atoms with Crippen molar-refractivity contribution in [1.82, 2.24) is 0 Å². The van der Waals surface area contributed by atoms with Gasteiger partial charge in [-0.2, -0.15) is 0 Å². The van der Waals surface area contributed by atoms with Crippen molar-refractivity contribution in [1.29, 1.82) is 0 Å². The minimum absolute atomic E-state index is 0.210. The average molecular weight is 177 g/mol. The Bertz CT molecular complexity index is 29.0. The predicted molar refractivity (Wildman–Crippen MR) is 23.2 cm³/mol. The third kappa shape index (κ3) is 11.9. The fourth-order valence-electron chi connectivity index (χ4n) is 0. The van der Waals surface area contributed by atoms with Gasteiger partial charge in [0.15, 0.2) is 0 Å². The molecule has 0 rings (SSSR count). The van der Waals surface area contributed by atoms with Crippen molar-refractivity contribution in [2.24, 2.45) is 0 Å². The van der Waals surface area contributed by atoms with Gasteiger partial charge in [-0.3, -0.25) is 0 Å². The Hall–Kier alpha value is 1.02. The Morgan fingerprint density at radius 1 is 1.50 bits per heavy atom. The number of rotatable bonds is 0. The summed E-state index contributed by atoms with van der Waals surface area (Å²) in [6.07, 6.45) is 0.